The molecule has 1 saturated heterocycles. The van der Waals surface area contributed by atoms with E-state index in [1.807, 2.05) is 38.2 Å². The number of hydrogen-bond acceptors (Lipinski definition) is 12. The van der Waals surface area contributed by atoms with Crippen molar-refractivity contribution in [3.8, 4) is 23.0 Å². The molecule has 12 nitrogen and oxygen atoms in total. The van der Waals surface area contributed by atoms with Crippen LogP contribution in [0.1, 0.15) is 57.4 Å². The Morgan fingerprint density at radius 1 is 1.06 bits per heavy atom. The van der Waals surface area contributed by atoms with Crippen LogP contribution < -0.4 is 24.3 Å². The van der Waals surface area contributed by atoms with Gasteiger partial charge in [0, 0.05) is 37.2 Å². The number of likely N-dealkylation sites (tertiary alicyclic amines) is 1. The Bertz CT molecular complexity index is 1710. The molecule has 2 aromatic carbocycles. The summed E-state index contributed by atoms with van der Waals surface area (Å²) in [6.45, 7) is 6.45. The van der Waals surface area contributed by atoms with Crippen LogP contribution in [-0.4, -0.2) is 98.7 Å². The first kappa shape index (κ1) is 34.2. The van der Waals surface area contributed by atoms with Gasteiger partial charge in [-0.2, -0.15) is 0 Å². The number of fused-ring (bicyclic) bond motifs is 4. The summed E-state index contributed by atoms with van der Waals surface area (Å²) in [7, 11) is -0.949. The average Bonchev–Trinajstić information content (AvgIpc) is 3.55. The summed E-state index contributed by atoms with van der Waals surface area (Å²) in [6.07, 6.45) is 8.46. The number of carbonyl (C=O) groups is 1. The third-order valence-corrected chi connectivity index (χ3v) is 10.6. The number of benzene rings is 2. The third-order valence-electron chi connectivity index (χ3n) is 9.67. The minimum atomic E-state index is -2.91. The zero-order valence-electron chi connectivity index (χ0n) is 28.2. The van der Waals surface area contributed by atoms with Crippen molar-refractivity contribution in [1.29, 1.82) is 0 Å². The summed E-state index contributed by atoms with van der Waals surface area (Å²) in [5.41, 5.74) is 2.41. The molecule has 0 spiro atoms. The van der Waals surface area contributed by atoms with Crippen molar-refractivity contribution >= 4 is 38.0 Å². The van der Waals surface area contributed by atoms with E-state index in [0.29, 0.717) is 60.9 Å². The quantitative estimate of drug-likeness (QED) is 0.322. The summed E-state index contributed by atoms with van der Waals surface area (Å²) in [6, 6.07) is 7.49. The molecule has 3 aromatic rings. The number of aromatic nitrogens is 2. The lowest BCUT2D eigenvalue weighted by Gasteiger charge is -2.31. The van der Waals surface area contributed by atoms with Crippen LogP contribution in [0.2, 0.25) is 0 Å². The van der Waals surface area contributed by atoms with Gasteiger partial charge < -0.3 is 29.2 Å². The number of carbonyl (C=O) groups excluding carboxylic acids is 1. The number of ketones is 1. The Balaban J connectivity index is 1.19. The highest BCUT2D eigenvalue weighted by Crippen LogP contribution is 2.44. The van der Waals surface area contributed by atoms with Crippen molar-refractivity contribution in [3.63, 3.8) is 0 Å². The second kappa shape index (κ2) is 15.3. The first-order valence-corrected chi connectivity index (χ1v) is 19.1. The molecule has 0 saturated carbocycles. The van der Waals surface area contributed by atoms with E-state index < -0.39 is 9.84 Å². The number of likely N-dealkylation sites (N-methyl/N-ethyl adjacent to an activating group) is 1. The zero-order valence-corrected chi connectivity index (χ0v) is 29.0. The second-order valence-corrected chi connectivity index (χ2v) is 15.5. The maximum Gasteiger partial charge on any atom is 0.231 e. The van der Waals surface area contributed by atoms with Crippen molar-refractivity contribution < 1.29 is 32.2 Å². The molecule has 0 amide bonds. The highest BCUT2D eigenvalue weighted by Gasteiger charge is 2.26. The van der Waals surface area contributed by atoms with E-state index in [4.69, 9.17) is 18.9 Å². The van der Waals surface area contributed by atoms with Gasteiger partial charge in [-0.25, -0.2) is 18.4 Å². The van der Waals surface area contributed by atoms with Gasteiger partial charge in [-0.05, 0) is 89.2 Å². The molecule has 13 heteroatoms. The van der Waals surface area contributed by atoms with E-state index >= 15 is 0 Å². The minimum absolute atomic E-state index is 0.130. The summed E-state index contributed by atoms with van der Waals surface area (Å²) in [5.74, 6) is 4.04. The molecule has 2 bridgehead atoms. The average molecular weight is 682 g/mol. The molecule has 4 heterocycles. The maximum absolute atomic E-state index is 13.1. The van der Waals surface area contributed by atoms with Crippen LogP contribution in [0.5, 0.6) is 23.0 Å². The SMILES string of the molecule is C[C@H]1C(=O)CCCCOc2cc3c(ncnc3cc2OCCCN2CCC(CCS(C)(=O)=O)CC2)Nc2c(ccc3c2OCO3)CN1C. The standard InChI is InChI=1S/C35H47N5O7S/c1-24-29(41)7-4-5-16-44-31-19-27-28(20-32(31)45-17-6-13-40-14-10-25(11-15-40)12-18-48(3,42)43)36-22-37-35(27)38-33-26(21-39(24)2)8-9-30-34(33)47-23-46-30/h8-9,19-20,22,24-25H,4-7,10-18,21,23H2,1-3H3,(H,36,37,38)/t24-/m0/s1. The van der Waals surface area contributed by atoms with E-state index in [1.54, 1.807) is 0 Å². The second-order valence-electron chi connectivity index (χ2n) is 13.3. The zero-order chi connectivity index (χ0) is 33.7. The highest BCUT2D eigenvalue weighted by atomic mass is 32.2. The lowest BCUT2D eigenvalue weighted by molar-refractivity contribution is -0.123. The largest absolute Gasteiger partial charge is 0.490 e. The number of rotatable bonds is 8. The van der Waals surface area contributed by atoms with Crippen molar-refractivity contribution in [2.24, 2.45) is 5.92 Å². The van der Waals surface area contributed by atoms with E-state index in [1.165, 1.54) is 12.6 Å². The fraction of sp³-hybridized carbons (Fsp3) is 0.571. The van der Waals surface area contributed by atoms with Crippen LogP contribution in [0.4, 0.5) is 11.5 Å². The molecule has 48 heavy (non-hydrogen) atoms. The molecule has 0 radical (unpaired) electrons. The number of nitrogens with zero attached hydrogens (tertiary/aromatic N) is 4. The molecule has 1 atom stereocenters. The summed E-state index contributed by atoms with van der Waals surface area (Å²) in [4.78, 5) is 26.7. The number of nitrogens with one attached hydrogen (secondary N) is 1. The number of Topliss-reactive ketones (excluding diaryl/α,β-unsaturated/α-hetero) is 1. The van der Waals surface area contributed by atoms with Crippen LogP contribution in [0.15, 0.2) is 30.6 Å². The lowest BCUT2D eigenvalue weighted by Crippen LogP contribution is -2.35. The fourth-order valence-electron chi connectivity index (χ4n) is 6.58. The topological polar surface area (TPSA) is 132 Å². The molecule has 0 aliphatic carbocycles. The first-order valence-electron chi connectivity index (χ1n) is 17.0. The van der Waals surface area contributed by atoms with Crippen LogP contribution in [0, 0.1) is 5.92 Å². The van der Waals surface area contributed by atoms with Crippen molar-refractivity contribution in [1.82, 2.24) is 19.8 Å². The summed E-state index contributed by atoms with van der Waals surface area (Å²) >= 11 is 0. The van der Waals surface area contributed by atoms with E-state index in [2.05, 4.69) is 25.1 Å². The van der Waals surface area contributed by atoms with Gasteiger partial charge in [0.05, 0.1) is 36.2 Å². The predicted octanol–water partition coefficient (Wildman–Crippen LogP) is 4.97. The predicted molar refractivity (Wildman–Crippen MR) is 184 cm³/mol. The fourth-order valence-corrected chi connectivity index (χ4v) is 7.34. The van der Waals surface area contributed by atoms with Gasteiger partial charge in [-0.1, -0.05) is 6.07 Å². The normalized spacial score (nSPS) is 20.0. The van der Waals surface area contributed by atoms with E-state index in [0.717, 1.165) is 80.3 Å². The Hall–Kier alpha value is -3.68. The highest BCUT2D eigenvalue weighted by molar-refractivity contribution is 7.90. The van der Waals surface area contributed by atoms with Crippen LogP contribution in [-0.2, 0) is 21.2 Å². The van der Waals surface area contributed by atoms with Crippen molar-refractivity contribution in [3.05, 3.63) is 36.2 Å². The molecular weight excluding hydrogens is 634 g/mol. The van der Waals surface area contributed by atoms with Gasteiger partial charge in [-0.15, -0.1) is 0 Å². The molecule has 6 rings (SSSR count). The molecule has 3 aliphatic rings. The summed E-state index contributed by atoms with van der Waals surface area (Å²) in [5, 5.41) is 4.30. The molecule has 1 aromatic heterocycles. The van der Waals surface area contributed by atoms with E-state index in [9.17, 15) is 13.2 Å². The smallest absolute Gasteiger partial charge is 0.231 e. The first-order chi connectivity index (χ1) is 23.1. The van der Waals surface area contributed by atoms with Gasteiger partial charge in [0.2, 0.25) is 6.79 Å². The van der Waals surface area contributed by atoms with Crippen LogP contribution in [0.3, 0.4) is 0 Å². The minimum Gasteiger partial charge on any atom is -0.490 e. The molecule has 0 unspecified atom stereocenters. The van der Waals surface area contributed by atoms with Crippen molar-refractivity contribution in [2.75, 3.05) is 64.0 Å². The molecule has 1 fully saturated rings. The third kappa shape index (κ3) is 8.48. The molecular formula is C35H47N5O7S. The number of hydrogen-bond donors (Lipinski definition) is 1. The lowest BCUT2D eigenvalue weighted by atomic mass is 9.94. The molecule has 1 N–H and O–H groups in total. The van der Waals surface area contributed by atoms with E-state index in [-0.39, 0.29) is 24.4 Å². The van der Waals surface area contributed by atoms with Gasteiger partial charge in [0.1, 0.15) is 27.8 Å². The molecule has 3 aliphatic heterocycles. The Kier molecular flexibility index (Phi) is 10.9. The van der Waals surface area contributed by atoms with Gasteiger partial charge >= 0.3 is 0 Å². The Labute approximate surface area is 283 Å². The van der Waals surface area contributed by atoms with Gasteiger partial charge in [-0.3, -0.25) is 9.69 Å². The van der Waals surface area contributed by atoms with Crippen LogP contribution in [0.25, 0.3) is 10.9 Å². The summed E-state index contributed by atoms with van der Waals surface area (Å²) < 4.78 is 47.3. The van der Waals surface area contributed by atoms with Gasteiger partial charge in [0.15, 0.2) is 23.0 Å². The maximum atomic E-state index is 13.1. The van der Waals surface area contributed by atoms with Crippen LogP contribution >= 0.6 is 0 Å². The number of sulfone groups is 1. The molecule has 260 valence electrons. The number of ether oxygens (including phenoxy) is 4. The monoisotopic (exact) mass is 681 g/mol. The van der Waals surface area contributed by atoms with Gasteiger partial charge in [0.25, 0.3) is 0 Å². The number of anilines is 2. The van der Waals surface area contributed by atoms with Crippen molar-refractivity contribution in [2.45, 2.75) is 64.5 Å². The number of piperidine rings is 1. The Morgan fingerprint density at radius 2 is 1.90 bits per heavy atom. The Morgan fingerprint density at radius 3 is 2.71 bits per heavy atom.